The summed E-state index contributed by atoms with van der Waals surface area (Å²) in [6.07, 6.45) is 5.55. The van der Waals surface area contributed by atoms with E-state index in [1.807, 2.05) is 36.4 Å². The molecule has 1 aliphatic heterocycles. The molecular weight excluding hydrogens is 685 g/mol. The molecule has 0 aromatic heterocycles. The molecule has 10 heteroatoms. The molecule has 1 aliphatic rings. The van der Waals surface area contributed by atoms with Gasteiger partial charge in [0.15, 0.2) is 12.4 Å². The molecule has 0 bridgehead atoms. The van der Waals surface area contributed by atoms with Crippen molar-refractivity contribution >= 4 is 11.9 Å². The van der Waals surface area contributed by atoms with Crippen LogP contribution in [0.2, 0.25) is 0 Å². The molecule has 290 valence electrons. The third kappa shape index (κ3) is 14.5. The second kappa shape index (κ2) is 22.4. The van der Waals surface area contributed by atoms with Crippen LogP contribution in [-0.4, -0.2) is 49.8 Å². The van der Waals surface area contributed by atoms with Gasteiger partial charge in [-0.1, -0.05) is 109 Å². The largest absolute Gasteiger partial charge is 0.494 e. The van der Waals surface area contributed by atoms with Crippen LogP contribution in [0, 0.1) is 0 Å². The predicted molar refractivity (Wildman–Crippen MR) is 199 cm³/mol. The molecule has 0 saturated carbocycles. The standard InChI is InChI=1S/C43H55F3O7/c1-3-5-7-9-10-11-13-14-30-49-36-24-20-33(21-25-36)32-16-18-34(19-17-32)41(47)51-37-26-22-35(23-27-37)42(48)52-38-28-29-39(53-40(38)43(44,45)46)50-31-15-12-8-6-4-2/h16-27,38-40H,3-15,28-31H2,1-2H3/t38-,39-,40-/m1/s1. The highest BCUT2D eigenvalue weighted by Crippen LogP contribution is 2.35. The number of esters is 2. The van der Waals surface area contributed by atoms with Crippen LogP contribution in [0.3, 0.4) is 0 Å². The van der Waals surface area contributed by atoms with Gasteiger partial charge in [-0.2, -0.15) is 13.2 Å². The summed E-state index contributed by atoms with van der Waals surface area (Å²) in [5, 5.41) is 0. The van der Waals surface area contributed by atoms with Crippen molar-refractivity contribution in [2.24, 2.45) is 0 Å². The minimum absolute atomic E-state index is 0.0186. The number of rotatable bonds is 22. The van der Waals surface area contributed by atoms with Crippen LogP contribution in [-0.2, 0) is 14.2 Å². The Morgan fingerprint density at radius 2 is 1.11 bits per heavy atom. The maximum atomic E-state index is 13.9. The molecule has 0 aliphatic carbocycles. The number of carbonyl (C=O) groups excluding carboxylic acids is 2. The zero-order chi connectivity index (χ0) is 37.9. The molecule has 0 spiro atoms. The van der Waals surface area contributed by atoms with Gasteiger partial charge in [0.2, 0.25) is 0 Å². The molecule has 3 aromatic carbocycles. The predicted octanol–water partition coefficient (Wildman–Crippen LogP) is 11.7. The molecule has 53 heavy (non-hydrogen) atoms. The highest BCUT2D eigenvalue weighted by atomic mass is 19.4. The number of unbranched alkanes of at least 4 members (excludes halogenated alkanes) is 11. The lowest BCUT2D eigenvalue weighted by Gasteiger charge is -2.36. The number of hydrogen-bond donors (Lipinski definition) is 0. The monoisotopic (exact) mass is 740 g/mol. The Kier molecular flexibility index (Phi) is 17.7. The number of carbonyl (C=O) groups is 2. The van der Waals surface area contributed by atoms with Gasteiger partial charge in [-0.05, 0) is 78.9 Å². The zero-order valence-corrected chi connectivity index (χ0v) is 31.2. The molecule has 3 aromatic rings. The van der Waals surface area contributed by atoms with E-state index in [0.717, 1.165) is 55.4 Å². The van der Waals surface area contributed by atoms with Crippen molar-refractivity contribution in [3.05, 3.63) is 83.9 Å². The second-order valence-electron chi connectivity index (χ2n) is 13.7. The Morgan fingerprint density at radius 3 is 1.70 bits per heavy atom. The molecule has 1 heterocycles. The summed E-state index contributed by atoms with van der Waals surface area (Å²) in [4.78, 5) is 25.6. The SMILES string of the molecule is CCCCCCCCCCOc1ccc(-c2ccc(C(=O)Oc3ccc(C(=O)O[C@@H]4CC[C@H](OCCCCCCC)O[C@H]4C(F)(F)F)cc3)cc2)cc1. The number of alkyl halides is 3. The van der Waals surface area contributed by atoms with Gasteiger partial charge in [0.25, 0.3) is 0 Å². The smallest absolute Gasteiger partial charge is 0.418 e. The van der Waals surface area contributed by atoms with Crippen LogP contribution in [0.5, 0.6) is 11.5 Å². The summed E-state index contributed by atoms with van der Waals surface area (Å²) in [5.41, 5.74) is 2.26. The van der Waals surface area contributed by atoms with E-state index in [0.29, 0.717) is 18.8 Å². The summed E-state index contributed by atoms with van der Waals surface area (Å²) in [6.45, 7) is 5.35. The van der Waals surface area contributed by atoms with E-state index in [1.54, 1.807) is 12.1 Å². The van der Waals surface area contributed by atoms with Gasteiger partial charge in [-0.25, -0.2) is 9.59 Å². The van der Waals surface area contributed by atoms with Crippen LogP contribution >= 0.6 is 0 Å². The van der Waals surface area contributed by atoms with E-state index in [9.17, 15) is 22.8 Å². The van der Waals surface area contributed by atoms with E-state index >= 15 is 0 Å². The summed E-state index contributed by atoms with van der Waals surface area (Å²) in [5.74, 6) is -0.532. The lowest BCUT2D eigenvalue weighted by atomic mass is 10.0. The van der Waals surface area contributed by atoms with Crippen molar-refractivity contribution in [1.29, 1.82) is 0 Å². The molecule has 1 saturated heterocycles. The lowest BCUT2D eigenvalue weighted by Crippen LogP contribution is -2.50. The number of ether oxygens (including phenoxy) is 5. The maximum Gasteiger partial charge on any atom is 0.418 e. The molecule has 1 fully saturated rings. The van der Waals surface area contributed by atoms with Gasteiger partial charge in [0, 0.05) is 13.0 Å². The van der Waals surface area contributed by atoms with Gasteiger partial charge in [0.1, 0.15) is 17.6 Å². The van der Waals surface area contributed by atoms with E-state index in [-0.39, 0.29) is 24.2 Å². The Hall–Kier alpha value is -3.89. The first-order valence-electron chi connectivity index (χ1n) is 19.4. The van der Waals surface area contributed by atoms with Crippen molar-refractivity contribution < 1.29 is 46.4 Å². The van der Waals surface area contributed by atoms with Gasteiger partial charge in [-0.15, -0.1) is 0 Å². The lowest BCUT2D eigenvalue weighted by molar-refractivity contribution is -0.311. The molecule has 3 atom stereocenters. The van der Waals surface area contributed by atoms with E-state index < -0.39 is 36.6 Å². The Balaban J connectivity index is 1.20. The Morgan fingerprint density at radius 1 is 0.623 bits per heavy atom. The summed E-state index contributed by atoms with van der Waals surface area (Å²) < 4.78 is 69.0. The number of benzene rings is 3. The minimum atomic E-state index is -4.74. The van der Waals surface area contributed by atoms with Crippen LogP contribution in [0.25, 0.3) is 11.1 Å². The van der Waals surface area contributed by atoms with Gasteiger partial charge in [0.05, 0.1) is 17.7 Å². The topological polar surface area (TPSA) is 80.3 Å². The second-order valence-corrected chi connectivity index (χ2v) is 13.7. The van der Waals surface area contributed by atoms with Crippen molar-refractivity contribution in [3.8, 4) is 22.6 Å². The summed E-state index contributed by atoms with van der Waals surface area (Å²) in [7, 11) is 0. The molecule has 4 rings (SSSR count). The molecule has 7 nitrogen and oxygen atoms in total. The average molecular weight is 741 g/mol. The van der Waals surface area contributed by atoms with E-state index in [2.05, 4.69) is 13.8 Å². The first-order chi connectivity index (χ1) is 25.7. The highest BCUT2D eigenvalue weighted by Gasteiger charge is 2.51. The maximum absolute atomic E-state index is 13.9. The third-order valence-corrected chi connectivity index (χ3v) is 9.33. The van der Waals surface area contributed by atoms with E-state index in [4.69, 9.17) is 23.7 Å². The fraction of sp³-hybridized carbons (Fsp3) is 0.535. The normalized spacial score (nSPS) is 17.3. The highest BCUT2D eigenvalue weighted by molar-refractivity contribution is 5.92. The van der Waals surface area contributed by atoms with Crippen molar-refractivity contribution in [3.63, 3.8) is 0 Å². The number of halogens is 3. The number of hydrogen-bond acceptors (Lipinski definition) is 7. The van der Waals surface area contributed by atoms with Crippen LogP contribution < -0.4 is 9.47 Å². The third-order valence-electron chi connectivity index (χ3n) is 9.33. The first kappa shape index (κ1) is 41.9. The molecule has 0 radical (unpaired) electrons. The quantitative estimate of drug-likeness (QED) is 0.0576. The first-order valence-corrected chi connectivity index (χ1v) is 19.4. The van der Waals surface area contributed by atoms with Crippen LogP contribution in [0.1, 0.15) is 131 Å². The average Bonchev–Trinajstić information content (AvgIpc) is 3.16. The van der Waals surface area contributed by atoms with Crippen LogP contribution in [0.4, 0.5) is 13.2 Å². The summed E-state index contributed by atoms with van der Waals surface area (Å²) >= 11 is 0. The molecular formula is C43H55F3O7. The van der Waals surface area contributed by atoms with Crippen molar-refractivity contribution in [1.82, 2.24) is 0 Å². The van der Waals surface area contributed by atoms with Gasteiger partial charge < -0.3 is 23.7 Å². The Labute approximate surface area is 312 Å². The minimum Gasteiger partial charge on any atom is -0.494 e. The fourth-order valence-corrected chi connectivity index (χ4v) is 6.22. The van der Waals surface area contributed by atoms with E-state index in [1.165, 1.54) is 69.2 Å². The molecule has 0 N–H and O–H groups in total. The fourth-order valence-electron chi connectivity index (χ4n) is 6.22. The van der Waals surface area contributed by atoms with Crippen LogP contribution in [0.15, 0.2) is 72.8 Å². The van der Waals surface area contributed by atoms with Gasteiger partial charge >= 0.3 is 18.1 Å². The summed E-state index contributed by atoms with van der Waals surface area (Å²) in [6, 6.07) is 20.3. The zero-order valence-electron chi connectivity index (χ0n) is 31.2. The molecule has 0 unspecified atom stereocenters. The Bertz CT molecular complexity index is 1490. The van der Waals surface area contributed by atoms with Crippen molar-refractivity contribution in [2.45, 2.75) is 135 Å². The molecule has 0 amide bonds. The van der Waals surface area contributed by atoms with Crippen molar-refractivity contribution in [2.75, 3.05) is 13.2 Å². The van der Waals surface area contributed by atoms with Gasteiger partial charge in [-0.3, -0.25) is 0 Å².